The molecular weight excluding hydrogens is 461 g/mol. The van der Waals surface area contributed by atoms with Crippen molar-refractivity contribution in [1.29, 1.82) is 0 Å². The smallest absolute Gasteiger partial charge is 0.272 e. The van der Waals surface area contributed by atoms with E-state index in [9.17, 15) is 19.3 Å². The van der Waals surface area contributed by atoms with Crippen LogP contribution in [0.3, 0.4) is 0 Å². The third kappa shape index (κ3) is 4.55. The Morgan fingerprint density at radius 3 is 2.19 bits per heavy atom. The predicted octanol–water partition coefficient (Wildman–Crippen LogP) is 4.86. The number of aryl methyl sites for hydroxylation is 1. The third-order valence-electron chi connectivity index (χ3n) is 6.35. The number of nitro groups is 1. The van der Waals surface area contributed by atoms with Crippen LogP contribution in [0.15, 0.2) is 78.9 Å². The number of anilines is 1. The average Bonchev–Trinajstić information content (AvgIpc) is 3.34. The van der Waals surface area contributed by atoms with Crippen molar-refractivity contribution in [1.82, 2.24) is 14.7 Å². The van der Waals surface area contributed by atoms with Gasteiger partial charge in [0.05, 0.1) is 16.3 Å². The lowest BCUT2D eigenvalue weighted by Crippen LogP contribution is -2.49. The first-order chi connectivity index (χ1) is 17.4. The molecule has 36 heavy (non-hydrogen) atoms. The standard InChI is InChI=1S/C27H24FN5O3/c1-19-6-8-21(9-7-19)32-26(18-25(29-32)23-4-2-3-5-24(23)28)27(34)31-16-14-30(15-17-31)20-10-12-22(13-11-20)33(35)36/h2-13,18H,14-17H2,1H3. The molecular formula is C27H24FN5O3. The Bertz CT molecular complexity index is 1410. The maximum absolute atomic E-state index is 14.5. The fraction of sp³-hybridized carbons (Fsp3) is 0.185. The Kier molecular flexibility index (Phi) is 6.20. The fourth-order valence-corrected chi connectivity index (χ4v) is 4.33. The molecule has 0 saturated carbocycles. The Morgan fingerprint density at radius 1 is 0.917 bits per heavy atom. The number of hydrogen-bond donors (Lipinski definition) is 0. The van der Waals surface area contributed by atoms with E-state index >= 15 is 0 Å². The number of halogens is 1. The summed E-state index contributed by atoms with van der Waals surface area (Å²) in [6, 6.07) is 22.1. The normalized spacial score (nSPS) is 13.6. The van der Waals surface area contributed by atoms with Crippen molar-refractivity contribution in [2.75, 3.05) is 31.1 Å². The molecule has 8 nitrogen and oxygen atoms in total. The quantitative estimate of drug-likeness (QED) is 0.298. The van der Waals surface area contributed by atoms with Gasteiger partial charge in [-0.3, -0.25) is 14.9 Å². The molecule has 1 aliphatic heterocycles. The number of carbonyl (C=O) groups excluding carboxylic acids is 1. The molecule has 0 atom stereocenters. The number of non-ortho nitro benzene ring substituents is 1. The fourth-order valence-electron chi connectivity index (χ4n) is 4.33. The molecule has 1 aromatic heterocycles. The molecule has 182 valence electrons. The van der Waals surface area contributed by atoms with Gasteiger partial charge < -0.3 is 9.80 Å². The number of rotatable bonds is 5. The topological polar surface area (TPSA) is 84.5 Å². The number of nitro benzene ring substituents is 1. The van der Waals surface area contributed by atoms with Crippen molar-refractivity contribution in [3.05, 3.63) is 106 Å². The van der Waals surface area contributed by atoms with Gasteiger partial charge in [-0.25, -0.2) is 9.07 Å². The average molecular weight is 486 g/mol. The predicted molar refractivity (Wildman–Crippen MR) is 135 cm³/mol. The molecule has 0 N–H and O–H groups in total. The molecule has 4 aromatic rings. The van der Waals surface area contributed by atoms with Crippen LogP contribution in [0, 0.1) is 22.9 Å². The Labute approximate surface area is 207 Å². The molecule has 0 unspecified atom stereocenters. The number of piperazine rings is 1. The van der Waals surface area contributed by atoms with E-state index in [-0.39, 0.29) is 11.6 Å². The number of aromatic nitrogens is 2. The lowest BCUT2D eigenvalue weighted by molar-refractivity contribution is -0.384. The zero-order valence-electron chi connectivity index (χ0n) is 19.7. The van der Waals surface area contributed by atoms with E-state index in [4.69, 9.17) is 0 Å². The van der Waals surface area contributed by atoms with E-state index in [0.717, 1.165) is 16.9 Å². The summed E-state index contributed by atoms with van der Waals surface area (Å²) in [5, 5.41) is 15.5. The maximum Gasteiger partial charge on any atom is 0.272 e. The van der Waals surface area contributed by atoms with Gasteiger partial charge in [0.15, 0.2) is 0 Å². The molecule has 3 aromatic carbocycles. The minimum absolute atomic E-state index is 0.0441. The Morgan fingerprint density at radius 2 is 1.56 bits per heavy atom. The second kappa shape index (κ2) is 9.61. The number of nitrogens with zero attached hydrogens (tertiary/aromatic N) is 5. The van der Waals surface area contributed by atoms with Crippen LogP contribution in [-0.4, -0.2) is 51.7 Å². The van der Waals surface area contributed by atoms with E-state index in [0.29, 0.717) is 43.1 Å². The first kappa shape index (κ1) is 23.2. The van der Waals surface area contributed by atoms with E-state index in [1.54, 1.807) is 46.0 Å². The Balaban J connectivity index is 1.40. The molecule has 0 aliphatic carbocycles. The molecule has 1 amide bonds. The molecule has 0 spiro atoms. The van der Waals surface area contributed by atoms with Crippen molar-refractivity contribution in [2.24, 2.45) is 0 Å². The van der Waals surface area contributed by atoms with Gasteiger partial charge in [0.2, 0.25) is 0 Å². The second-order valence-corrected chi connectivity index (χ2v) is 8.69. The van der Waals surface area contributed by atoms with Crippen molar-refractivity contribution in [3.63, 3.8) is 0 Å². The van der Waals surface area contributed by atoms with Crippen LogP contribution in [-0.2, 0) is 0 Å². The van der Waals surface area contributed by atoms with Gasteiger partial charge in [-0.05, 0) is 49.4 Å². The number of amides is 1. The molecule has 2 heterocycles. The highest BCUT2D eigenvalue weighted by molar-refractivity contribution is 5.94. The van der Waals surface area contributed by atoms with Crippen LogP contribution in [0.5, 0.6) is 0 Å². The van der Waals surface area contributed by atoms with Crippen LogP contribution in [0.25, 0.3) is 16.9 Å². The van der Waals surface area contributed by atoms with Gasteiger partial charge in [0.1, 0.15) is 11.5 Å². The molecule has 5 rings (SSSR count). The minimum atomic E-state index is -0.423. The minimum Gasteiger partial charge on any atom is -0.368 e. The highest BCUT2D eigenvalue weighted by Crippen LogP contribution is 2.26. The highest BCUT2D eigenvalue weighted by atomic mass is 19.1. The summed E-state index contributed by atoms with van der Waals surface area (Å²) in [6.07, 6.45) is 0. The summed E-state index contributed by atoms with van der Waals surface area (Å²) in [5.74, 6) is -0.587. The largest absolute Gasteiger partial charge is 0.368 e. The van der Waals surface area contributed by atoms with Gasteiger partial charge in [0.25, 0.3) is 11.6 Å². The summed E-state index contributed by atoms with van der Waals surface area (Å²) in [5.41, 5.74) is 3.80. The van der Waals surface area contributed by atoms with Crippen molar-refractivity contribution in [3.8, 4) is 16.9 Å². The number of benzene rings is 3. The third-order valence-corrected chi connectivity index (χ3v) is 6.35. The zero-order valence-corrected chi connectivity index (χ0v) is 19.7. The van der Waals surface area contributed by atoms with E-state index < -0.39 is 10.7 Å². The van der Waals surface area contributed by atoms with Crippen LogP contribution in [0.2, 0.25) is 0 Å². The van der Waals surface area contributed by atoms with Crippen molar-refractivity contribution < 1.29 is 14.1 Å². The van der Waals surface area contributed by atoms with E-state index in [2.05, 4.69) is 10.00 Å². The molecule has 1 saturated heterocycles. The number of carbonyl (C=O) groups is 1. The summed E-state index contributed by atoms with van der Waals surface area (Å²) in [6.45, 7) is 4.10. The zero-order chi connectivity index (χ0) is 25.2. The summed E-state index contributed by atoms with van der Waals surface area (Å²) in [4.78, 5) is 28.0. The van der Waals surface area contributed by atoms with Gasteiger partial charge in [-0.1, -0.05) is 29.8 Å². The van der Waals surface area contributed by atoms with Gasteiger partial charge in [0, 0.05) is 49.6 Å². The molecule has 1 fully saturated rings. The second-order valence-electron chi connectivity index (χ2n) is 8.69. The summed E-state index contributed by atoms with van der Waals surface area (Å²) >= 11 is 0. The molecule has 0 radical (unpaired) electrons. The lowest BCUT2D eigenvalue weighted by Gasteiger charge is -2.36. The lowest BCUT2D eigenvalue weighted by atomic mass is 10.1. The first-order valence-electron chi connectivity index (χ1n) is 11.6. The molecule has 1 aliphatic rings. The van der Waals surface area contributed by atoms with E-state index in [1.165, 1.54) is 18.2 Å². The van der Waals surface area contributed by atoms with E-state index in [1.807, 2.05) is 31.2 Å². The van der Waals surface area contributed by atoms with Crippen LogP contribution >= 0.6 is 0 Å². The summed E-state index contributed by atoms with van der Waals surface area (Å²) in [7, 11) is 0. The summed E-state index contributed by atoms with van der Waals surface area (Å²) < 4.78 is 16.1. The van der Waals surface area contributed by atoms with Crippen LogP contribution in [0.1, 0.15) is 16.1 Å². The SMILES string of the molecule is Cc1ccc(-n2nc(-c3ccccc3F)cc2C(=O)N2CCN(c3ccc([N+](=O)[O-])cc3)CC2)cc1. The van der Waals surface area contributed by atoms with Crippen LogP contribution < -0.4 is 4.90 Å². The van der Waals surface area contributed by atoms with Gasteiger partial charge >= 0.3 is 0 Å². The maximum atomic E-state index is 14.5. The van der Waals surface area contributed by atoms with Crippen LogP contribution in [0.4, 0.5) is 15.8 Å². The highest BCUT2D eigenvalue weighted by Gasteiger charge is 2.27. The number of hydrogen-bond acceptors (Lipinski definition) is 5. The first-order valence-corrected chi connectivity index (χ1v) is 11.6. The Hall–Kier alpha value is -4.53. The van der Waals surface area contributed by atoms with Crippen molar-refractivity contribution >= 4 is 17.3 Å². The van der Waals surface area contributed by atoms with Crippen molar-refractivity contribution in [2.45, 2.75) is 6.92 Å². The monoisotopic (exact) mass is 485 g/mol. The molecule has 9 heteroatoms. The molecule has 0 bridgehead atoms. The van der Waals surface area contributed by atoms with Gasteiger partial charge in [-0.15, -0.1) is 0 Å². The van der Waals surface area contributed by atoms with Gasteiger partial charge in [-0.2, -0.15) is 5.10 Å².